The van der Waals surface area contributed by atoms with Gasteiger partial charge in [-0.1, -0.05) is 29.8 Å². The standard InChI is InChI=1S/C17H18ClNO2/c1-20-15-7-6-13(18)10-12(15)11-17(19)8-9-21-16-5-3-2-4-14(16)17/h2-7,10H,8-9,11,19H2,1H3. The van der Waals surface area contributed by atoms with Gasteiger partial charge in [-0.15, -0.1) is 0 Å². The van der Waals surface area contributed by atoms with Crippen molar-refractivity contribution in [2.75, 3.05) is 13.7 Å². The van der Waals surface area contributed by atoms with Gasteiger partial charge in [0.2, 0.25) is 0 Å². The van der Waals surface area contributed by atoms with Crippen LogP contribution < -0.4 is 15.2 Å². The molecule has 21 heavy (non-hydrogen) atoms. The van der Waals surface area contributed by atoms with Gasteiger partial charge in [0.15, 0.2) is 0 Å². The lowest BCUT2D eigenvalue weighted by Gasteiger charge is -2.36. The van der Waals surface area contributed by atoms with Gasteiger partial charge in [0, 0.05) is 17.0 Å². The smallest absolute Gasteiger partial charge is 0.124 e. The van der Waals surface area contributed by atoms with E-state index in [9.17, 15) is 0 Å². The Balaban J connectivity index is 2.00. The largest absolute Gasteiger partial charge is 0.496 e. The van der Waals surface area contributed by atoms with Gasteiger partial charge in [-0.05, 0) is 36.2 Å². The first-order chi connectivity index (χ1) is 10.1. The second kappa shape index (κ2) is 5.58. The van der Waals surface area contributed by atoms with Crippen LogP contribution in [0.4, 0.5) is 0 Å². The van der Waals surface area contributed by atoms with Gasteiger partial charge >= 0.3 is 0 Å². The van der Waals surface area contributed by atoms with Crippen molar-refractivity contribution in [2.45, 2.75) is 18.4 Å². The van der Waals surface area contributed by atoms with Crippen LogP contribution in [0, 0.1) is 0 Å². The molecule has 0 saturated heterocycles. The van der Waals surface area contributed by atoms with E-state index >= 15 is 0 Å². The van der Waals surface area contributed by atoms with Crippen LogP contribution in [0.3, 0.4) is 0 Å². The molecule has 0 spiro atoms. The van der Waals surface area contributed by atoms with Crippen molar-refractivity contribution in [3.05, 3.63) is 58.6 Å². The fraction of sp³-hybridized carbons (Fsp3) is 0.294. The number of hydrogen-bond donors (Lipinski definition) is 1. The average Bonchev–Trinajstić information content (AvgIpc) is 2.48. The first-order valence-corrected chi connectivity index (χ1v) is 7.34. The third-order valence-electron chi connectivity index (χ3n) is 3.98. The zero-order chi connectivity index (χ0) is 14.9. The van der Waals surface area contributed by atoms with E-state index in [0.717, 1.165) is 29.0 Å². The molecule has 3 rings (SSSR count). The first kappa shape index (κ1) is 14.2. The first-order valence-electron chi connectivity index (χ1n) is 6.96. The summed E-state index contributed by atoms with van der Waals surface area (Å²) in [5.41, 5.74) is 8.29. The lowest BCUT2D eigenvalue weighted by Crippen LogP contribution is -2.43. The maximum atomic E-state index is 6.70. The molecule has 0 fully saturated rings. The fourth-order valence-electron chi connectivity index (χ4n) is 2.89. The van der Waals surface area contributed by atoms with E-state index in [4.69, 9.17) is 26.8 Å². The van der Waals surface area contributed by atoms with Crippen LogP contribution in [0.25, 0.3) is 0 Å². The molecule has 1 unspecified atom stereocenters. The Morgan fingerprint density at radius 3 is 2.90 bits per heavy atom. The highest BCUT2D eigenvalue weighted by molar-refractivity contribution is 6.30. The highest BCUT2D eigenvalue weighted by Gasteiger charge is 2.34. The summed E-state index contributed by atoms with van der Waals surface area (Å²) in [6.45, 7) is 0.621. The van der Waals surface area contributed by atoms with Crippen LogP contribution in [0.2, 0.25) is 5.02 Å². The number of methoxy groups -OCH3 is 1. The van der Waals surface area contributed by atoms with Crippen LogP contribution in [0.1, 0.15) is 17.5 Å². The summed E-state index contributed by atoms with van der Waals surface area (Å²) >= 11 is 6.12. The van der Waals surface area contributed by atoms with Gasteiger partial charge in [-0.3, -0.25) is 0 Å². The Bertz CT molecular complexity index is 659. The van der Waals surface area contributed by atoms with E-state index in [1.54, 1.807) is 7.11 Å². The summed E-state index contributed by atoms with van der Waals surface area (Å²) in [7, 11) is 1.66. The highest BCUT2D eigenvalue weighted by Crippen LogP contribution is 2.39. The normalized spacial score (nSPS) is 20.5. The van der Waals surface area contributed by atoms with Crippen molar-refractivity contribution in [1.82, 2.24) is 0 Å². The fourth-order valence-corrected chi connectivity index (χ4v) is 3.09. The maximum Gasteiger partial charge on any atom is 0.124 e. The molecule has 1 aliphatic rings. The lowest BCUT2D eigenvalue weighted by molar-refractivity contribution is 0.214. The summed E-state index contributed by atoms with van der Waals surface area (Å²) < 4.78 is 11.1. The number of ether oxygens (including phenoxy) is 2. The zero-order valence-electron chi connectivity index (χ0n) is 11.9. The van der Waals surface area contributed by atoms with Gasteiger partial charge in [0.1, 0.15) is 11.5 Å². The van der Waals surface area contributed by atoms with E-state index in [1.165, 1.54) is 0 Å². The van der Waals surface area contributed by atoms with E-state index in [1.807, 2.05) is 42.5 Å². The molecule has 0 bridgehead atoms. The van der Waals surface area contributed by atoms with E-state index in [2.05, 4.69) is 0 Å². The Morgan fingerprint density at radius 2 is 2.10 bits per heavy atom. The molecule has 0 amide bonds. The number of fused-ring (bicyclic) bond motifs is 1. The zero-order valence-corrected chi connectivity index (χ0v) is 12.7. The van der Waals surface area contributed by atoms with Crippen LogP contribution in [0.5, 0.6) is 11.5 Å². The van der Waals surface area contributed by atoms with Crippen LogP contribution in [-0.4, -0.2) is 13.7 Å². The summed E-state index contributed by atoms with van der Waals surface area (Å²) in [6.07, 6.45) is 1.43. The van der Waals surface area contributed by atoms with Gasteiger partial charge in [-0.25, -0.2) is 0 Å². The van der Waals surface area contributed by atoms with Crippen LogP contribution in [-0.2, 0) is 12.0 Å². The molecule has 110 valence electrons. The molecule has 1 aliphatic heterocycles. The molecule has 3 nitrogen and oxygen atoms in total. The molecule has 0 aromatic heterocycles. The summed E-state index contributed by atoms with van der Waals surface area (Å²) in [4.78, 5) is 0. The van der Waals surface area contributed by atoms with Crippen LogP contribution in [0.15, 0.2) is 42.5 Å². The molecule has 4 heteroatoms. The van der Waals surface area contributed by atoms with Crippen molar-refractivity contribution < 1.29 is 9.47 Å². The van der Waals surface area contributed by atoms with E-state index in [-0.39, 0.29) is 0 Å². The molecule has 2 aromatic carbocycles. The summed E-state index contributed by atoms with van der Waals surface area (Å²) in [6, 6.07) is 13.6. The Morgan fingerprint density at radius 1 is 1.29 bits per heavy atom. The highest BCUT2D eigenvalue weighted by atomic mass is 35.5. The van der Waals surface area contributed by atoms with Crippen molar-refractivity contribution in [2.24, 2.45) is 5.73 Å². The van der Waals surface area contributed by atoms with Gasteiger partial charge in [0.25, 0.3) is 0 Å². The molecule has 1 heterocycles. The molecule has 0 saturated carbocycles. The minimum absolute atomic E-state index is 0.465. The lowest BCUT2D eigenvalue weighted by atomic mass is 9.80. The Hall–Kier alpha value is -1.71. The van der Waals surface area contributed by atoms with Gasteiger partial charge in [-0.2, -0.15) is 0 Å². The quantitative estimate of drug-likeness (QED) is 0.943. The van der Waals surface area contributed by atoms with Gasteiger partial charge in [0.05, 0.1) is 19.3 Å². The maximum absolute atomic E-state index is 6.70. The second-order valence-corrected chi connectivity index (χ2v) is 5.82. The second-order valence-electron chi connectivity index (χ2n) is 5.38. The van der Waals surface area contributed by atoms with Crippen molar-refractivity contribution in [3.63, 3.8) is 0 Å². The van der Waals surface area contributed by atoms with E-state index < -0.39 is 5.54 Å². The predicted molar refractivity (Wildman–Crippen MR) is 84.1 cm³/mol. The Labute approximate surface area is 129 Å². The Kier molecular flexibility index (Phi) is 3.79. The van der Waals surface area contributed by atoms with E-state index in [0.29, 0.717) is 18.1 Å². The number of para-hydroxylation sites is 1. The molecular weight excluding hydrogens is 286 g/mol. The topological polar surface area (TPSA) is 44.5 Å². The molecule has 2 aromatic rings. The van der Waals surface area contributed by atoms with Crippen molar-refractivity contribution >= 4 is 11.6 Å². The van der Waals surface area contributed by atoms with Crippen molar-refractivity contribution in [3.8, 4) is 11.5 Å². The van der Waals surface area contributed by atoms with Gasteiger partial charge < -0.3 is 15.2 Å². The molecule has 0 radical (unpaired) electrons. The van der Waals surface area contributed by atoms with Crippen molar-refractivity contribution in [1.29, 1.82) is 0 Å². The number of halogens is 1. The summed E-state index contributed by atoms with van der Waals surface area (Å²) in [5, 5.41) is 0.690. The average molecular weight is 304 g/mol. The summed E-state index contributed by atoms with van der Waals surface area (Å²) in [5.74, 6) is 1.68. The minimum Gasteiger partial charge on any atom is -0.496 e. The van der Waals surface area contributed by atoms with Crippen LogP contribution >= 0.6 is 11.6 Å². The number of nitrogens with two attached hydrogens (primary N) is 1. The molecule has 1 atom stereocenters. The molecule has 0 aliphatic carbocycles. The third-order valence-corrected chi connectivity index (χ3v) is 4.21. The minimum atomic E-state index is -0.465. The number of benzene rings is 2. The SMILES string of the molecule is COc1ccc(Cl)cc1CC1(N)CCOc2ccccc21. The number of hydrogen-bond acceptors (Lipinski definition) is 3. The predicted octanol–water partition coefficient (Wildman–Crippen LogP) is 3.53. The number of rotatable bonds is 3. The molecule has 2 N–H and O–H groups in total. The molecular formula is C17H18ClNO2. The monoisotopic (exact) mass is 303 g/mol. The third kappa shape index (κ3) is 2.71.